The maximum absolute atomic E-state index is 13.9. The Labute approximate surface area is 130 Å². The Hall–Kier alpha value is -1.47. The van der Waals surface area contributed by atoms with Gasteiger partial charge in [-0.1, -0.05) is 23.7 Å². The molecule has 4 nitrogen and oxygen atoms in total. The van der Waals surface area contributed by atoms with E-state index in [0.717, 1.165) is 10.7 Å². The molecule has 0 amide bonds. The first-order valence-corrected chi connectivity index (χ1v) is 7.73. The first-order valence-electron chi connectivity index (χ1n) is 6.47. The normalized spacial score (nSPS) is 12.9. The number of aromatic nitrogens is 2. The van der Waals surface area contributed by atoms with Gasteiger partial charge in [0, 0.05) is 30.2 Å². The van der Waals surface area contributed by atoms with Gasteiger partial charge in [-0.25, -0.2) is 9.37 Å². The molecule has 0 radical (unpaired) electrons. The number of imidazole rings is 1. The number of thiazole rings is 1. The monoisotopic (exact) mass is 324 g/mol. The van der Waals surface area contributed by atoms with Crippen LogP contribution in [0, 0.1) is 5.82 Å². The molecule has 1 atom stereocenters. The molecule has 0 saturated carbocycles. The fourth-order valence-electron chi connectivity index (χ4n) is 2.29. The highest BCUT2D eigenvalue weighted by atomic mass is 35.5. The molecule has 0 saturated heterocycles. The van der Waals surface area contributed by atoms with Gasteiger partial charge < -0.3 is 0 Å². The van der Waals surface area contributed by atoms with Gasteiger partial charge in [-0.15, -0.1) is 11.3 Å². The van der Waals surface area contributed by atoms with Crippen LogP contribution in [-0.4, -0.2) is 15.4 Å². The van der Waals surface area contributed by atoms with Gasteiger partial charge >= 0.3 is 0 Å². The molecule has 0 spiro atoms. The lowest BCUT2D eigenvalue weighted by atomic mass is 10.0. The first kappa shape index (κ1) is 14.5. The van der Waals surface area contributed by atoms with E-state index in [9.17, 15) is 4.39 Å². The van der Waals surface area contributed by atoms with Crippen LogP contribution in [0.2, 0.25) is 5.02 Å². The summed E-state index contributed by atoms with van der Waals surface area (Å²) in [5.74, 6) is 5.20. The quantitative estimate of drug-likeness (QED) is 0.560. The number of nitrogens with two attached hydrogens (primary N) is 1. The number of rotatable bonds is 5. The van der Waals surface area contributed by atoms with Crippen molar-refractivity contribution in [1.29, 1.82) is 0 Å². The van der Waals surface area contributed by atoms with Crippen LogP contribution >= 0.6 is 22.9 Å². The van der Waals surface area contributed by atoms with Crippen LogP contribution in [0.25, 0.3) is 4.96 Å². The molecule has 110 valence electrons. The third kappa shape index (κ3) is 3.08. The summed E-state index contributed by atoms with van der Waals surface area (Å²) < 4.78 is 15.9. The van der Waals surface area contributed by atoms with Crippen LogP contribution in [0.15, 0.2) is 36.0 Å². The van der Waals surface area contributed by atoms with Crippen LogP contribution < -0.4 is 11.3 Å². The van der Waals surface area contributed by atoms with Gasteiger partial charge in [-0.3, -0.25) is 15.7 Å². The van der Waals surface area contributed by atoms with Gasteiger partial charge in [0.1, 0.15) is 5.82 Å². The number of hydrogen-bond donors (Lipinski definition) is 2. The maximum Gasteiger partial charge on any atom is 0.193 e. The zero-order valence-electron chi connectivity index (χ0n) is 11.1. The van der Waals surface area contributed by atoms with Gasteiger partial charge in [0.25, 0.3) is 0 Å². The summed E-state index contributed by atoms with van der Waals surface area (Å²) in [5.41, 5.74) is 4.20. The highest BCUT2D eigenvalue weighted by molar-refractivity contribution is 7.15. The minimum atomic E-state index is -0.384. The summed E-state index contributed by atoms with van der Waals surface area (Å²) in [6.07, 6.45) is 4.99. The van der Waals surface area contributed by atoms with E-state index >= 15 is 0 Å². The number of hydrazine groups is 1. The van der Waals surface area contributed by atoms with Crippen LogP contribution in [-0.2, 0) is 12.8 Å². The molecule has 0 bridgehead atoms. The van der Waals surface area contributed by atoms with Crippen molar-refractivity contribution in [2.24, 2.45) is 5.84 Å². The van der Waals surface area contributed by atoms with E-state index in [1.54, 1.807) is 23.5 Å². The second-order valence-electron chi connectivity index (χ2n) is 4.81. The Balaban J connectivity index is 1.75. The second-order valence-corrected chi connectivity index (χ2v) is 6.09. The lowest BCUT2D eigenvalue weighted by Gasteiger charge is -2.15. The summed E-state index contributed by atoms with van der Waals surface area (Å²) in [6, 6.07) is 4.88. The Morgan fingerprint density at radius 3 is 3.05 bits per heavy atom. The average Bonchev–Trinajstić information content (AvgIpc) is 3.04. The van der Waals surface area contributed by atoms with Crippen molar-refractivity contribution in [3.63, 3.8) is 0 Å². The number of nitrogens with one attached hydrogen (secondary N) is 1. The van der Waals surface area contributed by atoms with Crippen molar-refractivity contribution in [2.75, 3.05) is 0 Å². The van der Waals surface area contributed by atoms with Gasteiger partial charge in [0.2, 0.25) is 0 Å². The maximum atomic E-state index is 13.9. The predicted molar refractivity (Wildman–Crippen MR) is 83.0 cm³/mol. The van der Waals surface area contributed by atoms with Crippen molar-refractivity contribution >= 4 is 27.9 Å². The van der Waals surface area contributed by atoms with E-state index in [4.69, 9.17) is 17.4 Å². The lowest BCUT2D eigenvalue weighted by Crippen LogP contribution is -2.38. The lowest BCUT2D eigenvalue weighted by molar-refractivity contribution is 0.503. The molecule has 7 heteroatoms. The highest BCUT2D eigenvalue weighted by Gasteiger charge is 2.15. The van der Waals surface area contributed by atoms with Crippen molar-refractivity contribution in [3.05, 3.63) is 58.1 Å². The molecule has 0 aliphatic rings. The predicted octanol–water partition coefficient (Wildman–Crippen LogP) is 2.81. The van der Waals surface area contributed by atoms with E-state index in [1.807, 2.05) is 22.2 Å². The van der Waals surface area contributed by atoms with E-state index < -0.39 is 0 Å². The Morgan fingerprint density at radius 1 is 1.43 bits per heavy atom. The van der Waals surface area contributed by atoms with E-state index in [-0.39, 0.29) is 16.9 Å². The molecule has 1 aromatic carbocycles. The topological polar surface area (TPSA) is 55.3 Å². The molecular formula is C14H14ClFN4S. The van der Waals surface area contributed by atoms with Gasteiger partial charge in [0.15, 0.2) is 4.96 Å². The van der Waals surface area contributed by atoms with Crippen molar-refractivity contribution in [2.45, 2.75) is 18.9 Å². The second kappa shape index (κ2) is 6.11. The van der Waals surface area contributed by atoms with Crippen LogP contribution in [0.1, 0.15) is 11.3 Å². The summed E-state index contributed by atoms with van der Waals surface area (Å²) in [6.45, 7) is 0. The molecule has 3 rings (SSSR count). The molecule has 3 aromatic rings. The fraction of sp³-hybridized carbons (Fsp3) is 0.214. The third-order valence-electron chi connectivity index (χ3n) is 3.33. The SMILES string of the molecule is NNC(Cc1cn2ccsc2n1)Cc1cccc(Cl)c1F. The molecular weight excluding hydrogens is 311 g/mol. The molecule has 0 aliphatic heterocycles. The molecule has 0 aliphatic carbocycles. The average molecular weight is 325 g/mol. The minimum Gasteiger partial charge on any atom is -0.297 e. The van der Waals surface area contributed by atoms with Crippen molar-refractivity contribution in [1.82, 2.24) is 14.8 Å². The zero-order chi connectivity index (χ0) is 14.8. The highest BCUT2D eigenvalue weighted by Crippen LogP contribution is 2.20. The molecule has 3 N–H and O–H groups in total. The minimum absolute atomic E-state index is 0.109. The Morgan fingerprint density at radius 2 is 2.29 bits per heavy atom. The number of halogens is 2. The molecule has 1 unspecified atom stereocenters. The number of hydrogen-bond acceptors (Lipinski definition) is 4. The van der Waals surface area contributed by atoms with Crippen LogP contribution in [0.4, 0.5) is 4.39 Å². The Kier molecular flexibility index (Phi) is 4.21. The third-order valence-corrected chi connectivity index (χ3v) is 4.39. The largest absolute Gasteiger partial charge is 0.297 e. The van der Waals surface area contributed by atoms with Crippen LogP contribution in [0.5, 0.6) is 0 Å². The van der Waals surface area contributed by atoms with E-state index in [0.29, 0.717) is 18.4 Å². The fourth-order valence-corrected chi connectivity index (χ4v) is 3.20. The molecule has 0 fully saturated rings. The summed E-state index contributed by atoms with van der Waals surface area (Å²) >= 11 is 7.37. The standard InChI is InChI=1S/C14H14ClFN4S/c15-12-3-1-2-9(13(12)16)6-10(19-17)7-11-8-20-4-5-21-14(20)18-11/h1-5,8,10,19H,6-7,17H2. The van der Waals surface area contributed by atoms with Crippen molar-refractivity contribution < 1.29 is 4.39 Å². The van der Waals surface area contributed by atoms with Crippen LogP contribution in [0.3, 0.4) is 0 Å². The molecule has 2 heterocycles. The summed E-state index contributed by atoms with van der Waals surface area (Å²) in [4.78, 5) is 5.45. The summed E-state index contributed by atoms with van der Waals surface area (Å²) in [5, 5.41) is 2.11. The Bertz CT molecular complexity index is 726. The zero-order valence-corrected chi connectivity index (χ0v) is 12.7. The van der Waals surface area contributed by atoms with Gasteiger partial charge in [0.05, 0.1) is 10.7 Å². The van der Waals surface area contributed by atoms with Gasteiger partial charge in [-0.05, 0) is 18.1 Å². The summed E-state index contributed by atoms with van der Waals surface area (Å²) in [7, 11) is 0. The van der Waals surface area contributed by atoms with E-state index in [2.05, 4.69) is 10.4 Å². The molecule has 2 aromatic heterocycles. The smallest absolute Gasteiger partial charge is 0.193 e. The number of fused-ring (bicyclic) bond motifs is 1. The number of benzene rings is 1. The van der Waals surface area contributed by atoms with E-state index in [1.165, 1.54) is 6.07 Å². The number of nitrogens with zero attached hydrogens (tertiary/aromatic N) is 2. The first-order chi connectivity index (χ1) is 10.2. The van der Waals surface area contributed by atoms with Crippen molar-refractivity contribution in [3.8, 4) is 0 Å². The van der Waals surface area contributed by atoms with Gasteiger partial charge in [-0.2, -0.15) is 0 Å². The molecule has 21 heavy (non-hydrogen) atoms.